The first kappa shape index (κ1) is 26.7. The zero-order valence-corrected chi connectivity index (χ0v) is 22.2. The van der Waals surface area contributed by atoms with Crippen molar-refractivity contribution in [2.75, 3.05) is 32.8 Å². The number of ether oxygens (including phenoxy) is 1. The van der Waals surface area contributed by atoms with Crippen LogP contribution in [0.4, 0.5) is 4.79 Å². The second-order valence-corrected chi connectivity index (χ2v) is 10.3. The number of benzene rings is 1. The van der Waals surface area contributed by atoms with Gasteiger partial charge in [0.05, 0.1) is 36.4 Å². The van der Waals surface area contributed by atoms with Gasteiger partial charge in [0.15, 0.2) is 0 Å². The molecule has 0 saturated carbocycles. The number of hydrogen-bond acceptors (Lipinski definition) is 5. The molecule has 1 aromatic rings. The number of likely N-dealkylation sites (N-methyl/N-ethyl adjacent to an activating group) is 1. The Morgan fingerprint density at radius 3 is 2.35 bits per heavy atom. The van der Waals surface area contributed by atoms with Crippen LogP contribution in [0.1, 0.15) is 58.6 Å². The first-order valence-electron chi connectivity index (χ1n) is 13.4. The topological polar surface area (TPSA) is 99.3 Å². The third-order valence-corrected chi connectivity index (χ3v) is 7.48. The zero-order chi connectivity index (χ0) is 26.7. The molecule has 3 heterocycles. The SMILES string of the molecule is CCOC(=O)C1CCN(C(=O)[C@H](CC(C)C)N2CC3=C(C2=O)[C@H](c2ccccc2)NC(=O)N3CC)CC1. The predicted octanol–water partition coefficient (Wildman–Crippen LogP) is 3.09. The van der Waals surface area contributed by atoms with E-state index in [9.17, 15) is 19.2 Å². The Labute approximate surface area is 218 Å². The van der Waals surface area contributed by atoms with Crippen molar-refractivity contribution in [2.45, 2.75) is 59.0 Å². The highest BCUT2D eigenvalue weighted by molar-refractivity contribution is 6.03. The summed E-state index contributed by atoms with van der Waals surface area (Å²) in [6.45, 7) is 9.66. The average molecular weight is 511 g/mol. The van der Waals surface area contributed by atoms with E-state index in [-0.39, 0.29) is 42.2 Å². The highest BCUT2D eigenvalue weighted by Gasteiger charge is 2.47. The van der Waals surface area contributed by atoms with Crippen molar-refractivity contribution in [2.24, 2.45) is 11.8 Å². The number of hydrogen-bond donors (Lipinski definition) is 1. The van der Waals surface area contributed by atoms with E-state index in [2.05, 4.69) is 5.32 Å². The van der Waals surface area contributed by atoms with Crippen LogP contribution in [-0.2, 0) is 19.1 Å². The van der Waals surface area contributed by atoms with Crippen LogP contribution in [0.15, 0.2) is 41.6 Å². The zero-order valence-electron chi connectivity index (χ0n) is 22.2. The van der Waals surface area contributed by atoms with Gasteiger partial charge in [-0.1, -0.05) is 44.2 Å². The molecule has 9 nitrogen and oxygen atoms in total. The smallest absolute Gasteiger partial charge is 0.322 e. The average Bonchev–Trinajstić information content (AvgIpc) is 3.23. The normalized spacial score (nSPS) is 21.3. The third-order valence-electron chi connectivity index (χ3n) is 7.48. The lowest BCUT2D eigenvalue weighted by molar-refractivity contribution is -0.152. The second kappa shape index (κ2) is 11.4. The van der Waals surface area contributed by atoms with Gasteiger partial charge >= 0.3 is 12.0 Å². The molecule has 1 fully saturated rings. The predicted molar refractivity (Wildman–Crippen MR) is 138 cm³/mol. The van der Waals surface area contributed by atoms with Gasteiger partial charge in [-0.05, 0) is 44.6 Å². The second-order valence-electron chi connectivity index (χ2n) is 10.3. The number of urea groups is 1. The van der Waals surface area contributed by atoms with Gasteiger partial charge < -0.3 is 19.9 Å². The van der Waals surface area contributed by atoms with E-state index in [1.54, 1.807) is 21.6 Å². The molecule has 1 N–H and O–H groups in total. The highest BCUT2D eigenvalue weighted by Crippen LogP contribution is 2.38. The fraction of sp³-hybridized carbons (Fsp3) is 0.571. The standard InChI is InChI=1S/C28H38N4O5/c1-5-31-22-17-32(26(34)23(22)24(29-28(31)36)19-10-8-7-9-11-19)21(16-18(3)4)25(33)30-14-12-20(13-15-30)27(35)37-6-2/h7-11,18,20-21,24H,5-6,12-17H2,1-4H3,(H,29,36)/t21-,24-/m0/s1. The van der Waals surface area contributed by atoms with Crippen molar-refractivity contribution in [1.29, 1.82) is 0 Å². The van der Waals surface area contributed by atoms with Crippen LogP contribution in [0.3, 0.4) is 0 Å². The molecule has 2 atom stereocenters. The van der Waals surface area contributed by atoms with E-state index in [0.717, 1.165) is 5.56 Å². The van der Waals surface area contributed by atoms with Gasteiger partial charge in [-0.25, -0.2) is 4.79 Å². The van der Waals surface area contributed by atoms with Crippen molar-refractivity contribution >= 4 is 23.8 Å². The molecule has 0 radical (unpaired) electrons. The summed E-state index contributed by atoms with van der Waals surface area (Å²) < 4.78 is 5.16. The number of carbonyl (C=O) groups is 4. The van der Waals surface area contributed by atoms with Gasteiger partial charge in [0.25, 0.3) is 5.91 Å². The van der Waals surface area contributed by atoms with Crippen LogP contribution in [0.25, 0.3) is 0 Å². The summed E-state index contributed by atoms with van der Waals surface area (Å²) in [5.74, 6) is -0.519. The summed E-state index contributed by atoms with van der Waals surface area (Å²) in [5.41, 5.74) is 2.05. The fourth-order valence-corrected chi connectivity index (χ4v) is 5.61. The molecule has 0 unspecified atom stereocenters. The molecule has 3 aliphatic rings. The largest absolute Gasteiger partial charge is 0.466 e. The number of likely N-dealkylation sites (tertiary alicyclic amines) is 1. The number of rotatable bonds is 8. The van der Waals surface area contributed by atoms with E-state index in [1.807, 2.05) is 51.1 Å². The fourth-order valence-electron chi connectivity index (χ4n) is 5.61. The Hall–Kier alpha value is -3.36. The van der Waals surface area contributed by atoms with Crippen LogP contribution < -0.4 is 5.32 Å². The molecule has 4 rings (SSSR count). The summed E-state index contributed by atoms with van der Waals surface area (Å²) in [6.07, 6.45) is 1.63. The van der Waals surface area contributed by atoms with E-state index >= 15 is 0 Å². The number of piperidine rings is 1. The molecule has 200 valence electrons. The van der Waals surface area contributed by atoms with Crippen molar-refractivity contribution < 1.29 is 23.9 Å². The van der Waals surface area contributed by atoms with Gasteiger partial charge in [-0.3, -0.25) is 19.3 Å². The molecule has 0 spiro atoms. The van der Waals surface area contributed by atoms with Crippen LogP contribution in [0, 0.1) is 11.8 Å². The van der Waals surface area contributed by atoms with Crippen molar-refractivity contribution in [3.8, 4) is 0 Å². The minimum atomic E-state index is -0.637. The van der Waals surface area contributed by atoms with Gasteiger partial charge in [0.1, 0.15) is 6.04 Å². The lowest BCUT2D eigenvalue weighted by Crippen LogP contribution is -2.52. The molecular weight excluding hydrogens is 472 g/mol. The Morgan fingerprint density at radius 2 is 1.76 bits per heavy atom. The van der Waals surface area contributed by atoms with Gasteiger partial charge in [0, 0.05) is 19.6 Å². The van der Waals surface area contributed by atoms with E-state index in [4.69, 9.17) is 4.74 Å². The molecule has 9 heteroatoms. The molecule has 1 saturated heterocycles. The number of esters is 1. The molecule has 37 heavy (non-hydrogen) atoms. The lowest BCUT2D eigenvalue weighted by atomic mass is 9.94. The molecule has 0 aromatic heterocycles. The molecule has 0 aliphatic carbocycles. The Bertz CT molecular complexity index is 1060. The molecular formula is C28H38N4O5. The summed E-state index contributed by atoms with van der Waals surface area (Å²) in [4.78, 5) is 58.0. The Kier molecular flexibility index (Phi) is 8.19. The van der Waals surface area contributed by atoms with E-state index in [0.29, 0.717) is 56.8 Å². The van der Waals surface area contributed by atoms with Crippen LogP contribution in [-0.4, -0.2) is 77.3 Å². The van der Waals surface area contributed by atoms with Crippen molar-refractivity contribution in [3.05, 3.63) is 47.2 Å². The molecule has 0 bridgehead atoms. The number of nitrogens with one attached hydrogen (secondary N) is 1. The van der Waals surface area contributed by atoms with E-state index in [1.165, 1.54) is 0 Å². The Morgan fingerprint density at radius 1 is 1.08 bits per heavy atom. The molecule has 4 amide bonds. The maximum absolute atomic E-state index is 14.0. The van der Waals surface area contributed by atoms with Gasteiger partial charge in [0.2, 0.25) is 5.91 Å². The van der Waals surface area contributed by atoms with Crippen LogP contribution in [0.2, 0.25) is 0 Å². The summed E-state index contributed by atoms with van der Waals surface area (Å²) >= 11 is 0. The number of nitrogens with zero attached hydrogens (tertiary/aromatic N) is 3. The number of carbonyl (C=O) groups excluding carboxylic acids is 4. The molecule has 1 aromatic carbocycles. The van der Waals surface area contributed by atoms with Crippen LogP contribution >= 0.6 is 0 Å². The van der Waals surface area contributed by atoms with Gasteiger partial charge in [-0.2, -0.15) is 0 Å². The monoisotopic (exact) mass is 510 g/mol. The minimum Gasteiger partial charge on any atom is -0.466 e. The first-order chi connectivity index (χ1) is 17.8. The highest BCUT2D eigenvalue weighted by atomic mass is 16.5. The quantitative estimate of drug-likeness (QED) is 0.542. The summed E-state index contributed by atoms with van der Waals surface area (Å²) in [7, 11) is 0. The maximum Gasteiger partial charge on any atom is 0.322 e. The third kappa shape index (κ3) is 5.36. The van der Waals surface area contributed by atoms with Gasteiger partial charge in [-0.15, -0.1) is 0 Å². The number of amides is 4. The van der Waals surface area contributed by atoms with Crippen molar-refractivity contribution in [1.82, 2.24) is 20.0 Å². The molecule has 3 aliphatic heterocycles. The minimum absolute atomic E-state index is 0.0946. The summed E-state index contributed by atoms with van der Waals surface area (Å²) in [5, 5.41) is 3.00. The van der Waals surface area contributed by atoms with Crippen molar-refractivity contribution in [3.63, 3.8) is 0 Å². The van der Waals surface area contributed by atoms with Crippen LogP contribution in [0.5, 0.6) is 0 Å². The summed E-state index contributed by atoms with van der Waals surface area (Å²) in [6, 6.07) is 8.04. The van der Waals surface area contributed by atoms with E-state index < -0.39 is 12.1 Å². The first-order valence-corrected chi connectivity index (χ1v) is 13.4. The Balaban J connectivity index is 1.58. The lowest BCUT2D eigenvalue weighted by Gasteiger charge is -2.37. The maximum atomic E-state index is 14.0.